The van der Waals surface area contributed by atoms with E-state index < -0.39 is 0 Å². The minimum Gasteiger partial charge on any atom is -0.395 e. The molecule has 26 heavy (non-hydrogen) atoms. The molecular formula is C22H30N2O2. The fourth-order valence-corrected chi connectivity index (χ4v) is 3.91. The summed E-state index contributed by atoms with van der Waals surface area (Å²) < 4.78 is 0. The van der Waals surface area contributed by atoms with E-state index in [0.29, 0.717) is 13.1 Å². The van der Waals surface area contributed by atoms with E-state index in [1.165, 1.54) is 22.3 Å². The van der Waals surface area contributed by atoms with Gasteiger partial charge in [-0.05, 0) is 25.0 Å². The lowest BCUT2D eigenvalue weighted by molar-refractivity contribution is 0.00437. The molecular weight excluding hydrogens is 324 g/mol. The van der Waals surface area contributed by atoms with E-state index >= 15 is 0 Å². The van der Waals surface area contributed by atoms with E-state index in [1.807, 2.05) is 0 Å². The molecule has 4 nitrogen and oxygen atoms in total. The van der Waals surface area contributed by atoms with Crippen molar-refractivity contribution in [3.8, 4) is 0 Å². The summed E-state index contributed by atoms with van der Waals surface area (Å²) in [6, 6.07) is 17.8. The van der Waals surface area contributed by atoms with Crippen molar-refractivity contribution in [2.45, 2.75) is 25.9 Å². The summed E-state index contributed by atoms with van der Waals surface area (Å²) in [4.78, 5) is 4.76. The van der Waals surface area contributed by atoms with Crippen molar-refractivity contribution in [3.05, 3.63) is 70.8 Å². The summed E-state index contributed by atoms with van der Waals surface area (Å²) in [6.45, 7) is 7.57. The van der Waals surface area contributed by atoms with Crippen LogP contribution < -0.4 is 0 Å². The molecule has 0 spiro atoms. The van der Waals surface area contributed by atoms with Gasteiger partial charge in [-0.15, -0.1) is 0 Å². The topological polar surface area (TPSA) is 46.9 Å². The Hall–Kier alpha value is -1.72. The van der Waals surface area contributed by atoms with Crippen molar-refractivity contribution < 1.29 is 10.2 Å². The third-order valence-corrected chi connectivity index (χ3v) is 5.36. The molecule has 1 aliphatic heterocycles. The molecule has 1 heterocycles. The molecule has 0 aliphatic carbocycles. The predicted octanol–water partition coefficient (Wildman–Crippen LogP) is 2.69. The molecule has 140 valence electrons. The van der Waals surface area contributed by atoms with Crippen LogP contribution in [0.2, 0.25) is 0 Å². The van der Waals surface area contributed by atoms with Crippen LogP contribution >= 0.6 is 0 Å². The Balaban J connectivity index is 1.96. The maximum Gasteiger partial charge on any atom is 0.0558 e. The first kappa shape index (κ1) is 19.1. The second-order valence-electron chi connectivity index (χ2n) is 7.30. The molecule has 2 atom stereocenters. The van der Waals surface area contributed by atoms with E-state index in [1.54, 1.807) is 0 Å². The molecule has 3 rings (SSSR count). The first-order chi connectivity index (χ1) is 12.6. The summed E-state index contributed by atoms with van der Waals surface area (Å²) in [5, 5.41) is 19.2. The van der Waals surface area contributed by atoms with Crippen molar-refractivity contribution in [1.29, 1.82) is 0 Å². The van der Waals surface area contributed by atoms with Crippen molar-refractivity contribution in [2.24, 2.45) is 0 Å². The quantitative estimate of drug-likeness (QED) is 0.837. The van der Waals surface area contributed by atoms with Gasteiger partial charge in [0.2, 0.25) is 0 Å². The number of aliphatic hydroxyl groups is 2. The fraction of sp³-hybridized carbons (Fsp3) is 0.455. The van der Waals surface area contributed by atoms with Crippen molar-refractivity contribution in [1.82, 2.24) is 9.80 Å². The van der Waals surface area contributed by atoms with E-state index in [9.17, 15) is 10.2 Å². The molecule has 0 radical (unpaired) electrons. The third kappa shape index (κ3) is 4.33. The van der Waals surface area contributed by atoms with Gasteiger partial charge in [-0.3, -0.25) is 9.80 Å². The molecule has 0 amide bonds. The van der Waals surface area contributed by atoms with Gasteiger partial charge in [0.25, 0.3) is 0 Å². The van der Waals surface area contributed by atoms with Crippen LogP contribution in [0, 0.1) is 13.8 Å². The van der Waals surface area contributed by atoms with E-state index in [0.717, 1.165) is 13.1 Å². The maximum absolute atomic E-state index is 9.71. The Labute approximate surface area is 156 Å². The van der Waals surface area contributed by atoms with Crippen LogP contribution in [0.3, 0.4) is 0 Å². The minimum atomic E-state index is 0.144. The van der Waals surface area contributed by atoms with Crippen LogP contribution in [0.4, 0.5) is 0 Å². The van der Waals surface area contributed by atoms with Gasteiger partial charge in [0.1, 0.15) is 0 Å². The smallest absolute Gasteiger partial charge is 0.0558 e. The molecule has 1 aliphatic rings. The average Bonchev–Trinajstić information content (AvgIpc) is 2.64. The highest BCUT2D eigenvalue weighted by atomic mass is 16.3. The largest absolute Gasteiger partial charge is 0.395 e. The zero-order chi connectivity index (χ0) is 18.5. The molecule has 1 saturated heterocycles. The fourth-order valence-electron chi connectivity index (χ4n) is 3.91. The van der Waals surface area contributed by atoms with Crippen LogP contribution in [-0.2, 0) is 0 Å². The van der Waals surface area contributed by atoms with Crippen LogP contribution in [0.1, 0.15) is 34.3 Å². The van der Waals surface area contributed by atoms with Crippen LogP contribution in [0.5, 0.6) is 0 Å². The number of hydrogen-bond donors (Lipinski definition) is 2. The van der Waals surface area contributed by atoms with Gasteiger partial charge in [0.15, 0.2) is 0 Å². The number of β-amino-alcohol motifs (C(OH)–C–C–N with tert-alkyl or cyclic N) is 2. The normalized spacial score (nSPS) is 21.8. The van der Waals surface area contributed by atoms with Gasteiger partial charge < -0.3 is 10.2 Å². The number of benzene rings is 2. The van der Waals surface area contributed by atoms with Crippen LogP contribution in [0.25, 0.3) is 0 Å². The Kier molecular flexibility index (Phi) is 6.43. The molecule has 0 saturated carbocycles. The van der Waals surface area contributed by atoms with Crippen molar-refractivity contribution in [2.75, 3.05) is 39.4 Å². The highest BCUT2D eigenvalue weighted by Crippen LogP contribution is 2.36. The highest BCUT2D eigenvalue weighted by Gasteiger charge is 2.35. The Bertz CT molecular complexity index is 629. The molecule has 4 heteroatoms. The van der Waals surface area contributed by atoms with Crippen molar-refractivity contribution in [3.63, 3.8) is 0 Å². The number of aryl methyl sites for hydroxylation is 2. The van der Waals surface area contributed by atoms with Crippen LogP contribution in [-0.4, -0.2) is 59.4 Å². The molecule has 2 aromatic carbocycles. The lowest BCUT2D eigenvalue weighted by Crippen LogP contribution is -2.51. The van der Waals surface area contributed by atoms with Gasteiger partial charge in [0.05, 0.1) is 13.2 Å². The maximum atomic E-state index is 9.71. The van der Waals surface area contributed by atoms with Gasteiger partial charge in [-0.2, -0.15) is 0 Å². The van der Waals surface area contributed by atoms with E-state index in [-0.39, 0.29) is 25.3 Å². The molecule has 0 bridgehead atoms. The second-order valence-corrected chi connectivity index (χ2v) is 7.30. The van der Waals surface area contributed by atoms with Crippen molar-refractivity contribution >= 4 is 0 Å². The zero-order valence-corrected chi connectivity index (χ0v) is 15.8. The van der Waals surface area contributed by atoms with Crippen LogP contribution in [0.15, 0.2) is 48.5 Å². The van der Waals surface area contributed by atoms with E-state index in [4.69, 9.17) is 0 Å². The zero-order valence-electron chi connectivity index (χ0n) is 15.8. The Morgan fingerprint density at radius 1 is 0.731 bits per heavy atom. The summed E-state index contributed by atoms with van der Waals surface area (Å²) >= 11 is 0. The molecule has 1 fully saturated rings. The summed E-state index contributed by atoms with van der Waals surface area (Å²) in [6.07, 6.45) is 0. The number of hydrogen-bond acceptors (Lipinski definition) is 4. The molecule has 0 aromatic heterocycles. The first-order valence-electron chi connectivity index (χ1n) is 9.45. The van der Waals surface area contributed by atoms with Gasteiger partial charge in [-0.25, -0.2) is 0 Å². The van der Waals surface area contributed by atoms with E-state index in [2.05, 4.69) is 72.2 Å². The second kappa shape index (κ2) is 8.78. The number of piperazine rings is 1. The lowest BCUT2D eigenvalue weighted by Gasteiger charge is -2.47. The monoisotopic (exact) mass is 354 g/mol. The minimum absolute atomic E-state index is 0.144. The SMILES string of the molecule is Cc1ccc([C@@H]2CN(CCO)C[C@@H](c3ccc(C)cc3)N2CCO)cc1. The Morgan fingerprint density at radius 2 is 1.15 bits per heavy atom. The molecule has 2 N–H and O–H groups in total. The summed E-state index contributed by atoms with van der Waals surface area (Å²) in [5.74, 6) is 0. The van der Waals surface area contributed by atoms with Gasteiger partial charge in [-0.1, -0.05) is 59.7 Å². The van der Waals surface area contributed by atoms with Gasteiger partial charge in [0, 0.05) is 38.3 Å². The number of rotatable bonds is 6. The molecule has 0 unspecified atom stereocenters. The molecule has 2 aromatic rings. The predicted molar refractivity (Wildman–Crippen MR) is 105 cm³/mol. The average molecular weight is 354 g/mol. The van der Waals surface area contributed by atoms with Gasteiger partial charge >= 0.3 is 0 Å². The Morgan fingerprint density at radius 3 is 1.54 bits per heavy atom. The first-order valence-corrected chi connectivity index (χ1v) is 9.45. The summed E-state index contributed by atoms with van der Waals surface area (Å²) in [5.41, 5.74) is 5.04. The lowest BCUT2D eigenvalue weighted by atomic mass is 9.93. The number of nitrogens with zero attached hydrogens (tertiary/aromatic N) is 2. The summed E-state index contributed by atoms with van der Waals surface area (Å²) in [7, 11) is 0. The highest BCUT2D eigenvalue weighted by molar-refractivity contribution is 5.29. The number of aliphatic hydroxyl groups excluding tert-OH is 2. The third-order valence-electron chi connectivity index (χ3n) is 5.36. The standard InChI is InChI=1S/C22H30N2O2/c1-17-3-7-19(8-4-17)21-15-23(11-13-25)16-22(24(21)12-14-26)20-9-5-18(2)6-10-20/h3-10,21-22,25-26H,11-16H2,1-2H3/t21-,22-/m0/s1.